The molecule has 0 spiro atoms. The van der Waals surface area contributed by atoms with Crippen LogP contribution in [0, 0.1) is 0 Å². The van der Waals surface area contributed by atoms with E-state index in [0.717, 1.165) is 12.8 Å². The van der Waals surface area contributed by atoms with Crippen LogP contribution in [0.1, 0.15) is 19.3 Å². The van der Waals surface area contributed by atoms with Gasteiger partial charge < -0.3 is 10.4 Å². The fraction of sp³-hybridized carbons (Fsp3) is 0.625. The molecule has 2 aliphatic rings. The molecule has 0 bridgehead atoms. The monoisotopic (exact) mass is 214 g/mol. The maximum atomic E-state index is 11.6. The van der Waals surface area contributed by atoms with Crippen molar-refractivity contribution in [3.8, 4) is 0 Å². The molecule has 1 heterocycles. The summed E-state index contributed by atoms with van der Waals surface area (Å²) in [4.78, 5) is 23.6. The van der Waals surface area contributed by atoms with Crippen molar-refractivity contribution >= 4 is 29.2 Å². The van der Waals surface area contributed by atoms with Crippen molar-refractivity contribution in [3.63, 3.8) is 0 Å². The van der Waals surface area contributed by atoms with E-state index in [1.54, 1.807) is 0 Å². The van der Waals surface area contributed by atoms with E-state index in [1.165, 1.54) is 4.90 Å². The molecule has 1 atom stereocenters. The van der Waals surface area contributed by atoms with Crippen molar-refractivity contribution in [1.82, 2.24) is 10.2 Å². The van der Waals surface area contributed by atoms with Crippen LogP contribution < -0.4 is 5.32 Å². The zero-order valence-electron chi connectivity index (χ0n) is 7.40. The molecular weight excluding hydrogens is 204 g/mol. The van der Waals surface area contributed by atoms with E-state index < -0.39 is 12.0 Å². The fourth-order valence-electron chi connectivity index (χ4n) is 1.54. The minimum Gasteiger partial charge on any atom is -0.481 e. The Hall–Kier alpha value is -1.17. The topological polar surface area (TPSA) is 69.6 Å². The highest BCUT2D eigenvalue weighted by Gasteiger charge is 2.44. The summed E-state index contributed by atoms with van der Waals surface area (Å²) in [6.07, 6.45) is 1.73. The normalized spacial score (nSPS) is 26.6. The van der Waals surface area contributed by atoms with Crippen molar-refractivity contribution < 1.29 is 14.7 Å². The number of aliphatic carboxylic acids is 1. The summed E-state index contributed by atoms with van der Waals surface area (Å²) in [5.41, 5.74) is 0. The standard InChI is InChI=1S/C8H10N2O3S/c11-6(12)3-5-7(13)10(4-1-2-4)8(14)9-5/h4-5H,1-3H2,(H,9,14)(H,11,12). The van der Waals surface area contributed by atoms with Crippen LogP contribution in [0.25, 0.3) is 0 Å². The Morgan fingerprint density at radius 3 is 2.79 bits per heavy atom. The number of carboxylic acid groups (broad SMARTS) is 1. The SMILES string of the molecule is O=C(O)CC1NC(=S)N(C2CC2)C1=O. The van der Waals surface area contributed by atoms with Crippen LogP contribution in [-0.2, 0) is 9.59 Å². The lowest BCUT2D eigenvalue weighted by Gasteiger charge is -2.12. The van der Waals surface area contributed by atoms with Gasteiger partial charge in [-0.15, -0.1) is 0 Å². The van der Waals surface area contributed by atoms with Gasteiger partial charge in [-0.3, -0.25) is 14.5 Å². The van der Waals surface area contributed by atoms with Gasteiger partial charge in [0.1, 0.15) is 6.04 Å². The maximum Gasteiger partial charge on any atom is 0.305 e. The minimum atomic E-state index is -0.990. The average molecular weight is 214 g/mol. The number of carboxylic acids is 1. The summed E-state index contributed by atoms with van der Waals surface area (Å²) < 4.78 is 0. The first-order valence-corrected chi connectivity index (χ1v) is 4.86. The number of nitrogens with one attached hydrogen (secondary N) is 1. The molecule has 1 saturated carbocycles. The lowest BCUT2D eigenvalue weighted by molar-refractivity contribution is -0.140. The highest BCUT2D eigenvalue weighted by Crippen LogP contribution is 2.30. The number of nitrogens with zero attached hydrogens (tertiary/aromatic N) is 1. The third-order valence-electron chi connectivity index (χ3n) is 2.34. The number of carbonyl (C=O) groups excluding carboxylic acids is 1. The molecule has 1 aliphatic heterocycles. The Labute approximate surface area is 86.1 Å². The first-order chi connectivity index (χ1) is 6.59. The molecule has 0 aromatic heterocycles. The molecule has 6 heteroatoms. The van der Waals surface area contributed by atoms with Crippen molar-refractivity contribution in [2.75, 3.05) is 0 Å². The lowest BCUT2D eigenvalue weighted by atomic mass is 10.2. The molecule has 1 amide bonds. The molecule has 5 nitrogen and oxygen atoms in total. The van der Waals surface area contributed by atoms with Gasteiger partial charge in [0.25, 0.3) is 5.91 Å². The van der Waals surface area contributed by atoms with Crippen LogP contribution in [0.4, 0.5) is 0 Å². The van der Waals surface area contributed by atoms with E-state index in [1.807, 2.05) is 0 Å². The minimum absolute atomic E-state index is 0.195. The number of hydrogen-bond donors (Lipinski definition) is 2. The molecule has 1 unspecified atom stereocenters. The van der Waals surface area contributed by atoms with Gasteiger partial charge in [0.05, 0.1) is 6.42 Å². The highest BCUT2D eigenvalue weighted by molar-refractivity contribution is 7.80. The molecule has 2 rings (SSSR count). The Balaban J connectivity index is 2.06. The van der Waals surface area contributed by atoms with Gasteiger partial charge in [-0.2, -0.15) is 0 Å². The fourth-order valence-corrected chi connectivity index (χ4v) is 1.92. The molecule has 76 valence electrons. The molecule has 0 aromatic rings. The quantitative estimate of drug-likeness (QED) is 0.632. The average Bonchev–Trinajstić information content (AvgIpc) is 2.82. The lowest BCUT2D eigenvalue weighted by Crippen LogP contribution is -2.33. The molecule has 1 saturated heterocycles. The Morgan fingerprint density at radius 1 is 1.64 bits per heavy atom. The van der Waals surface area contributed by atoms with E-state index in [2.05, 4.69) is 5.32 Å². The van der Waals surface area contributed by atoms with E-state index in [0.29, 0.717) is 5.11 Å². The van der Waals surface area contributed by atoms with E-state index >= 15 is 0 Å². The number of rotatable bonds is 3. The van der Waals surface area contributed by atoms with Gasteiger partial charge in [0.2, 0.25) is 0 Å². The van der Waals surface area contributed by atoms with Crippen LogP contribution >= 0.6 is 12.2 Å². The van der Waals surface area contributed by atoms with Gasteiger partial charge in [0.15, 0.2) is 5.11 Å². The van der Waals surface area contributed by atoms with Crippen molar-refractivity contribution in [3.05, 3.63) is 0 Å². The highest BCUT2D eigenvalue weighted by atomic mass is 32.1. The number of amides is 1. The summed E-state index contributed by atoms with van der Waals surface area (Å²) in [5.74, 6) is -1.18. The molecule has 1 aliphatic carbocycles. The third kappa shape index (κ3) is 1.57. The molecule has 2 N–H and O–H groups in total. The van der Waals surface area contributed by atoms with Crippen LogP contribution in [0.5, 0.6) is 0 Å². The van der Waals surface area contributed by atoms with E-state index in [9.17, 15) is 9.59 Å². The molecule has 2 fully saturated rings. The predicted molar refractivity (Wildman–Crippen MR) is 51.6 cm³/mol. The zero-order chi connectivity index (χ0) is 10.3. The summed E-state index contributed by atoms with van der Waals surface area (Å²) in [6.45, 7) is 0. The number of hydrogen-bond acceptors (Lipinski definition) is 3. The van der Waals surface area contributed by atoms with Crippen LogP contribution in [0.3, 0.4) is 0 Å². The van der Waals surface area contributed by atoms with E-state index in [-0.39, 0.29) is 18.4 Å². The van der Waals surface area contributed by atoms with Gasteiger partial charge in [-0.1, -0.05) is 0 Å². The van der Waals surface area contributed by atoms with Crippen LogP contribution in [0.15, 0.2) is 0 Å². The maximum absolute atomic E-state index is 11.6. The number of thiocarbonyl (C=S) groups is 1. The molecular formula is C8H10N2O3S. The number of carbonyl (C=O) groups is 2. The molecule has 14 heavy (non-hydrogen) atoms. The first-order valence-electron chi connectivity index (χ1n) is 4.45. The van der Waals surface area contributed by atoms with Crippen LogP contribution in [-0.4, -0.2) is 39.1 Å². The second-order valence-electron chi connectivity index (χ2n) is 3.54. The van der Waals surface area contributed by atoms with Gasteiger partial charge in [-0.25, -0.2) is 0 Å². The molecule has 0 aromatic carbocycles. The second kappa shape index (κ2) is 3.20. The second-order valence-corrected chi connectivity index (χ2v) is 3.93. The summed E-state index contributed by atoms with van der Waals surface area (Å²) in [5, 5.41) is 11.7. The summed E-state index contributed by atoms with van der Waals surface area (Å²) in [6, 6.07) is -0.457. The van der Waals surface area contributed by atoms with Crippen molar-refractivity contribution in [1.29, 1.82) is 0 Å². The first kappa shape index (κ1) is 9.39. The zero-order valence-corrected chi connectivity index (χ0v) is 8.21. The van der Waals surface area contributed by atoms with Gasteiger partial charge in [0, 0.05) is 6.04 Å². The summed E-state index contributed by atoms with van der Waals surface area (Å²) >= 11 is 4.96. The van der Waals surface area contributed by atoms with Crippen molar-refractivity contribution in [2.45, 2.75) is 31.3 Å². The Morgan fingerprint density at radius 2 is 2.29 bits per heavy atom. The smallest absolute Gasteiger partial charge is 0.305 e. The Kier molecular flexibility index (Phi) is 2.14. The predicted octanol–water partition coefficient (Wildman–Crippen LogP) is -0.291. The van der Waals surface area contributed by atoms with E-state index in [4.69, 9.17) is 17.3 Å². The summed E-state index contributed by atoms with van der Waals surface area (Å²) in [7, 11) is 0. The molecule has 0 radical (unpaired) electrons. The van der Waals surface area contributed by atoms with Gasteiger partial charge in [-0.05, 0) is 25.1 Å². The van der Waals surface area contributed by atoms with Crippen molar-refractivity contribution in [2.24, 2.45) is 0 Å². The third-order valence-corrected chi connectivity index (χ3v) is 2.66. The largest absolute Gasteiger partial charge is 0.481 e. The van der Waals surface area contributed by atoms with Crippen LogP contribution in [0.2, 0.25) is 0 Å². The Bertz CT molecular complexity index is 314. The van der Waals surface area contributed by atoms with Gasteiger partial charge >= 0.3 is 5.97 Å².